The minimum Gasteiger partial charge on any atom is -0.452 e. The third kappa shape index (κ3) is 5.70. The largest absolute Gasteiger partial charge is 0.452 e. The van der Waals surface area contributed by atoms with Crippen molar-refractivity contribution in [3.63, 3.8) is 0 Å². The van der Waals surface area contributed by atoms with Gasteiger partial charge in [-0.15, -0.1) is 0 Å². The molecule has 2 rings (SSSR count). The Labute approximate surface area is 159 Å². The van der Waals surface area contributed by atoms with E-state index in [1.165, 1.54) is 0 Å². The number of amides is 1. The number of hydrogen-bond donors (Lipinski definition) is 0. The van der Waals surface area contributed by atoms with Crippen LogP contribution in [0.1, 0.15) is 38.1 Å². The van der Waals surface area contributed by atoms with Gasteiger partial charge in [-0.2, -0.15) is 0 Å². The van der Waals surface area contributed by atoms with Gasteiger partial charge in [0.2, 0.25) is 0 Å². The summed E-state index contributed by atoms with van der Waals surface area (Å²) >= 11 is 5.86. The number of fused-ring (bicyclic) bond motifs is 1. The van der Waals surface area contributed by atoms with Crippen LogP contribution in [0.2, 0.25) is 5.15 Å². The molecule has 140 valence electrons. The maximum Gasteiger partial charge on any atom is 0.338 e. The predicted molar refractivity (Wildman–Crippen MR) is 103 cm³/mol. The van der Waals surface area contributed by atoms with Gasteiger partial charge in [0.25, 0.3) is 5.91 Å². The Morgan fingerprint density at radius 1 is 1.08 bits per heavy atom. The Balaban J connectivity index is 2.02. The van der Waals surface area contributed by atoms with E-state index in [0.29, 0.717) is 41.2 Å². The second-order valence-corrected chi connectivity index (χ2v) is 7.59. The fourth-order valence-electron chi connectivity index (χ4n) is 2.69. The van der Waals surface area contributed by atoms with Gasteiger partial charge in [0.05, 0.1) is 11.1 Å². The maximum absolute atomic E-state index is 12.4. The predicted octanol–water partition coefficient (Wildman–Crippen LogP) is 4.19. The van der Waals surface area contributed by atoms with E-state index in [9.17, 15) is 9.59 Å². The molecule has 1 aromatic carbocycles. The van der Waals surface area contributed by atoms with Crippen LogP contribution < -0.4 is 0 Å². The number of carbonyl (C=O) groups is 2. The summed E-state index contributed by atoms with van der Waals surface area (Å²) in [7, 11) is 0. The maximum atomic E-state index is 12.4. The van der Waals surface area contributed by atoms with Gasteiger partial charge in [0.1, 0.15) is 5.15 Å². The molecule has 0 aliphatic rings. The van der Waals surface area contributed by atoms with Gasteiger partial charge in [-0.1, -0.05) is 39.3 Å². The molecule has 0 bridgehead atoms. The highest BCUT2D eigenvalue weighted by Gasteiger charge is 2.18. The van der Waals surface area contributed by atoms with Gasteiger partial charge < -0.3 is 9.64 Å². The Bertz CT molecular complexity index is 780. The van der Waals surface area contributed by atoms with E-state index in [0.717, 1.165) is 5.39 Å². The number of benzene rings is 1. The monoisotopic (exact) mass is 376 g/mol. The fraction of sp³-hybridized carbons (Fsp3) is 0.450. The van der Waals surface area contributed by atoms with Gasteiger partial charge in [-0.05, 0) is 42.2 Å². The molecule has 0 unspecified atom stereocenters. The molecule has 1 amide bonds. The lowest BCUT2D eigenvalue weighted by Crippen LogP contribution is -2.39. The van der Waals surface area contributed by atoms with Crippen molar-refractivity contribution in [3.8, 4) is 0 Å². The molecule has 0 saturated carbocycles. The highest BCUT2D eigenvalue weighted by molar-refractivity contribution is 6.29. The number of esters is 1. The third-order valence-corrected chi connectivity index (χ3v) is 3.95. The lowest BCUT2D eigenvalue weighted by atomic mass is 10.1. The smallest absolute Gasteiger partial charge is 0.338 e. The van der Waals surface area contributed by atoms with Gasteiger partial charge >= 0.3 is 5.97 Å². The summed E-state index contributed by atoms with van der Waals surface area (Å²) in [6.45, 7) is 9.27. The molecule has 2 aromatic rings. The topological polar surface area (TPSA) is 59.5 Å². The highest BCUT2D eigenvalue weighted by atomic mass is 35.5. The van der Waals surface area contributed by atoms with E-state index >= 15 is 0 Å². The van der Waals surface area contributed by atoms with Crippen molar-refractivity contribution in [2.75, 3.05) is 19.7 Å². The van der Waals surface area contributed by atoms with Crippen molar-refractivity contribution >= 4 is 34.4 Å². The van der Waals surface area contributed by atoms with Gasteiger partial charge in [0.15, 0.2) is 6.61 Å². The minimum absolute atomic E-state index is 0.171. The normalized spacial score (nSPS) is 11.2. The Morgan fingerprint density at radius 3 is 2.35 bits per heavy atom. The molecule has 0 aliphatic carbocycles. The molecular weight excluding hydrogens is 352 g/mol. The van der Waals surface area contributed by atoms with E-state index in [4.69, 9.17) is 16.3 Å². The average molecular weight is 377 g/mol. The summed E-state index contributed by atoms with van der Waals surface area (Å²) in [4.78, 5) is 30.7. The third-order valence-electron chi connectivity index (χ3n) is 3.74. The number of hydrogen-bond acceptors (Lipinski definition) is 4. The molecule has 1 aromatic heterocycles. The Morgan fingerprint density at radius 2 is 1.73 bits per heavy atom. The number of carbonyl (C=O) groups excluding carboxylic acids is 2. The minimum atomic E-state index is -0.524. The number of pyridine rings is 1. The van der Waals surface area contributed by atoms with Gasteiger partial charge in [-0.25, -0.2) is 9.78 Å². The van der Waals surface area contributed by atoms with Crippen LogP contribution in [0.3, 0.4) is 0 Å². The van der Waals surface area contributed by atoms with Crippen molar-refractivity contribution in [2.24, 2.45) is 11.8 Å². The fourth-order valence-corrected chi connectivity index (χ4v) is 2.84. The highest BCUT2D eigenvalue weighted by Crippen LogP contribution is 2.17. The van der Waals surface area contributed by atoms with Crippen LogP contribution in [-0.4, -0.2) is 41.5 Å². The Hall–Kier alpha value is -2.14. The van der Waals surface area contributed by atoms with Crippen molar-refractivity contribution in [2.45, 2.75) is 27.7 Å². The summed E-state index contributed by atoms with van der Waals surface area (Å²) in [5, 5.41) is 1.19. The van der Waals surface area contributed by atoms with Gasteiger partial charge in [0, 0.05) is 18.5 Å². The summed E-state index contributed by atoms with van der Waals surface area (Å²) in [5.41, 5.74) is 1.08. The molecule has 0 atom stereocenters. The van der Waals surface area contributed by atoms with E-state index in [1.807, 2.05) is 0 Å². The van der Waals surface area contributed by atoms with Crippen LogP contribution in [-0.2, 0) is 9.53 Å². The first kappa shape index (κ1) is 20.2. The van der Waals surface area contributed by atoms with Crippen molar-refractivity contribution < 1.29 is 14.3 Å². The summed E-state index contributed by atoms with van der Waals surface area (Å²) < 4.78 is 5.23. The molecule has 5 nitrogen and oxygen atoms in total. The molecule has 0 N–H and O–H groups in total. The standard InChI is InChI=1S/C20H25ClN2O3/c1-13(2)10-23(11-14(3)4)19(24)12-26-20(25)16-5-7-17-15(9-16)6-8-18(21)22-17/h5-9,13-14H,10-12H2,1-4H3. The first-order valence-corrected chi connectivity index (χ1v) is 9.15. The number of rotatable bonds is 7. The molecule has 0 radical (unpaired) electrons. The quantitative estimate of drug-likeness (QED) is 0.537. The SMILES string of the molecule is CC(C)CN(CC(C)C)C(=O)COC(=O)c1ccc2nc(Cl)ccc2c1. The van der Waals surface area contributed by atoms with Crippen molar-refractivity contribution in [3.05, 3.63) is 41.0 Å². The molecule has 0 aliphatic heterocycles. The first-order chi connectivity index (χ1) is 12.3. The van der Waals surface area contributed by atoms with Crippen LogP contribution in [0, 0.1) is 11.8 Å². The van der Waals surface area contributed by atoms with Crippen molar-refractivity contribution in [1.29, 1.82) is 0 Å². The molecular formula is C20H25ClN2O3. The number of aromatic nitrogens is 1. The zero-order valence-electron chi connectivity index (χ0n) is 15.7. The average Bonchev–Trinajstić information content (AvgIpc) is 2.57. The number of ether oxygens (including phenoxy) is 1. The van der Waals surface area contributed by atoms with Crippen molar-refractivity contribution in [1.82, 2.24) is 9.88 Å². The molecule has 1 heterocycles. The van der Waals surface area contributed by atoms with Crippen LogP contribution in [0.15, 0.2) is 30.3 Å². The summed E-state index contributed by atoms with van der Waals surface area (Å²) in [5.74, 6) is 0.0145. The number of nitrogens with zero attached hydrogens (tertiary/aromatic N) is 2. The molecule has 6 heteroatoms. The van der Waals surface area contributed by atoms with E-state index in [2.05, 4.69) is 32.7 Å². The molecule has 0 fully saturated rings. The lowest BCUT2D eigenvalue weighted by molar-refractivity contribution is -0.135. The second-order valence-electron chi connectivity index (χ2n) is 7.20. The first-order valence-electron chi connectivity index (χ1n) is 8.77. The summed E-state index contributed by atoms with van der Waals surface area (Å²) in [6.07, 6.45) is 0. The van der Waals surface area contributed by atoms with Crippen LogP contribution >= 0.6 is 11.6 Å². The second kappa shape index (κ2) is 8.99. The number of halogens is 1. The van der Waals surface area contributed by atoms with E-state index in [-0.39, 0.29) is 12.5 Å². The van der Waals surface area contributed by atoms with Gasteiger partial charge in [-0.3, -0.25) is 4.79 Å². The Kier molecular flexibility index (Phi) is 6.98. The molecule has 0 saturated heterocycles. The zero-order valence-corrected chi connectivity index (χ0v) is 16.4. The summed E-state index contributed by atoms with van der Waals surface area (Å²) in [6, 6.07) is 8.48. The molecule has 26 heavy (non-hydrogen) atoms. The molecule has 0 spiro atoms. The van der Waals surface area contributed by atoms with E-state index in [1.54, 1.807) is 35.2 Å². The van der Waals surface area contributed by atoms with Crippen LogP contribution in [0.25, 0.3) is 10.9 Å². The van der Waals surface area contributed by atoms with E-state index < -0.39 is 5.97 Å². The lowest BCUT2D eigenvalue weighted by Gasteiger charge is -2.26. The van der Waals surface area contributed by atoms with Crippen LogP contribution in [0.4, 0.5) is 0 Å². The van der Waals surface area contributed by atoms with Crippen LogP contribution in [0.5, 0.6) is 0 Å². The zero-order chi connectivity index (χ0) is 19.3.